The molecule has 3 N–H and O–H groups in total. The van der Waals surface area contributed by atoms with Gasteiger partial charge in [0.15, 0.2) is 11.4 Å². The number of furan rings is 1. The molecule has 0 unspecified atom stereocenters. The molecule has 1 saturated carbocycles. The molecular formula is C24H22Cl2FN3O4. The zero-order chi connectivity index (χ0) is 24.2. The maximum atomic E-state index is 14.0. The Labute approximate surface area is 204 Å². The van der Waals surface area contributed by atoms with E-state index in [0.717, 1.165) is 11.1 Å². The lowest BCUT2D eigenvalue weighted by atomic mass is 9.99. The number of hydrogen-bond acceptors (Lipinski definition) is 6. The van der Waals surface area contributed by atoms with Crippen molar-refractivity contribution >= 4 is 51.5 Å². The van der Waals surface area contributed by atoms with Crippen LogP contribution < -0.4 is 10.5 Å². The van der Waals surface area contributed by atoms with E-state index in [1.807, 2.05) is 6.08 Å². The number of hydrogen-bond donors (Lipinski definition) is 2. The molecule has 7 nitrogen and oxygen atoms in total. The molecule has 0 saturated heterocycles. The summed E-state index contributed by atoms with van der Waals surface area (Å²) in [7, 11) is 0. The third-order valence-electron chi connectivity index (χ3n) is 6.35. The number of carbonyl (C=O) groups excluding carboxylic acids is 1. The minimum absolute atomic E-state index is 0.107. The van der Waals surface area contributed by atoms with Gasteiger partial charge in [0, 0.05) is 35.4 Å². The van der Waals surface area contributed by atoms with Crippen molar-refractivity contribution in [1.82, 2.24) is 9.88 Å². The Kier molecular flexibility index (Phi) is 5.70. The molecule has 5 rings (SSSR count). The molecule has 0 spiro atoms. The van der Waals surface area contributed by atoms with Gasteiger partial charge in [0.1, 0.15) is 17.5 Å². The lowest BCUT2D eigenvalue weighted by Crippen LogP contribution is -2.42. The van der Waals surface area contributed by atoms with E-state index in [1.54, 1.807) is 24.3 Å². The Morgan fingerprint density at radius 2 is 2.15 bits per heavy atom. The maximum Gasteiger partial charge on any atom is 0.254 e. The quantitative estimate of drug-likeness (QED) is 0.465. The highest BCUT2D eigenvalue weighted by atomic mass is 35.5. The zero-order valence-electron chi connectivity index (χ0n) is 18.3. The summed E-state index contributed by atoms with van der Waals surface area (Å²) in [5.74, 6) is -0.506. The van der Waals surface area contributed by atoms with E-state index in [9.17, 15) is 14.3 Å². The molecule has 34 heavy (non-hydrogen) atoms. The van der Waals surface area contributed by atoms with Crippen molar-refractivity contribution in [2.45, 2.75) is 37.9 Å². The summed E-state index contributed by atoms with van der Waals surface area (Å²) in [5.41, 5.74) is 7.41. The van der Waals surface area contributed by atoms with Gasteiger partial charge >= 0.3 is 0 Å². The van der Waals surface area contributed by atoms with Crippen molar-refractivity contribution < 1.29 is 23.4 Å². The van der Waals surface area contributed by atoms with Crippen molar-refractivity contribution in [1.29, 1.82) is 0 Å². The number of carbonyl (C=O) groups is 1. The van der Waals surface area contributed by atoms with Crippen LogP contribution in [0.3, 0.4) is 0 Å². The van der Waals surface area contributed by atoms with E-state index in [1.165, 1.54) is 12.1 Å². The van der Waals surface area contributed by atoms with Gasteiger partial charge < -0.3 is 24.9 Å². The minimum atomic E-state index is -1.18. The fraction of sp³-hybridized carbons (Fsp3) is 0.333. The number of aliphatic hydroxyl groups is 1. The van der Waals surface area contributed by atoms with E-state index in [-0.39, 0.29) is 27.5 Å². The average molecular weight is 506 g/mol. The van der Waals surface area contributed by atoms with Gasteiger partial charge in [-0.2, -0.15) is 0 Å². The molecule has 0 radical (unpaired) electrons. The predicted molar refractivity (Wildman–Crippen MR) is 127 cm³/mol. The highest BCUT2D eigenvalue weighted by Gasteiger charge is 2.50. The van der Waals surface area contributed by atoms with Crippen molar-refractivity contribution in [2.24, 2.45) is 0 Å². The van der Waals surface area contributed by atoms with Crippen LogP contribution in [0.4, 0.5) is 10.2 Å². The fourth-order valence-electron chi connectivity index (χ4n) is 4.22. The van der Waals surface area contributed by atoms with Gasteiger partial charge in [-0.15, -0.1) is 0 Å². The molecule has 0 bridgehead atoms. The highest BCUT2D eigenvalue weighted by molar-refractivity contribution is 6.36. The molecule has 3 heterocycles. The van der Waals surface area contributed by atoms with Crippen molar-refractivity contribution in [2.75, 3.05) is 18.8 Å². The van der Waals surface area contributed by atoms with Gasteiger partial charge in [0.05, 0.1) is 16.7 Å². The molecule has 1 aromatic carbocycles. The average Bonchev–Trinajstić information content (AvgIpc) is 3.43. The summed E-state index contributed by atoms with van der Waals surface area (Å²) in [6.07, 6.45) is 6.06. The first kappa shape index (κ1) is 23.0. The van der Waals surface area contributed by atoms with Crippen LogP contribution >= 0.6 is 23.2 Å². The number of anilines is 1. The molecule has 178 valence electrons. The van der Waals surface area contributed by atoms with E-state index in [4.69, 9.17) is 38.1 Å². The standard InChI is InChI=1S/C24H22Cl2FN3O4/c1-12(18-16(25)2-3-17(27)19(18)26)34-21-20-14(10-29-22(21)28)15(11-33-20)13-4-8-30(9-5-13)23(31)24(32)6-7-24/h2-4,10-12,32H,5-9H2,1H3,(H2,28,29)/t12-/m1/s1. The van der Waals surface area contributed by atoms with E-state index >= 15 is 0 Å². The first-order valence-electron chi connectivity index (χ1n) is 10.9. The van der Waals surface area contributed by atoms with Gasteiger partial charge in [0.2, 0.25) is 5.75 Å². The first-order valence-corrected chi connectivity index (χ1v) is 11.6. The zero-order valence-corrected chi connectivity index (χ0v) is 19.8. The molecule has 1 aliphatic heterocycles. The van der Waals surface area contributed by atoms with Crippen LogP contribution in [0.5, 0.6) is 5.75 Å². The Hall–Kier alpha value is -2.81. The predicted octanol–water partition coefficient (Wildman–Crippen LogP) is 5.14. The van der Waals surface area contributed by atoms with Crippen LogP contribution in [-0.4, -0.2) is 39.6 Å². The largest absolute Gasteiger partial charge is 0.478 e. The highest BCUT2D eigenvalue weighted by Crippen LogP contribution is 2.42. The Balaban J connectivity index is 1.43. The number of benzene rings is 1. The molecule has 1 amide bonds. The monoisotopic (exact) mass is 505 g/mol. The van der Waals surface area contributed by atoms with Crippen LogP contribution in [0.2, 0.25) is 10.0 Å². The topological polar surface area (TPSA) is 102 Å². The van der Waals surface area contributed by atoms with Crippen LogP contribution in [0.15, 0.2) is 35.1 Å². The number of fused-ring (bicyclic) bond motifs is 1. The minimum Gasteiger partial charge on any atom is -0.478 e. The van der Waals surface area contributed by atoms with E-state index in [2.05, 4.69) is 4.98 Å². The van der Waals surface area contributed by atoms with Crippen LogP contribution in [-0.2, 0) is 4.79 Å². The SMILES string of the molecule is C[C@@H](Oc1c(N)ncc2c(C3=CCN(C(=O)C4(O)CC4)CC3)coc12)c1c(Cl)ccc(F)c1Cl. The van der Waals surface area contributed by atoms with Crippen LogP contribution in [0, 0.1) is 5.82 Å². The number of rotatable bonds is 5. The second kappa shape index (κ2) is 8.45. The molecule has 1 aliphatic carbocycles. The van der Waals surface area contributed by atoms with Gasteiger partial charge in [-0.1, -0.05) is 29.3 Å². The number of nitrogens with two attached hydrogens (primary N) is 1. The molecule has 2 aromatic heterocycles. The Morgan fingerprint density at radius 1 is 1.38 bits per heavy atom. The normalized spacial score (nSPS) is 18.0. The smallest absolute Gasteiger partial charge is 0.254 e. The summed E-state index contributed by atoms with van der Waals surface area (Å²) in [6, 6.07) is 2.60. The molecule has 2 aliphatic rings. The second-order valence-electron chi connectivity index (χ2n) is 8.64. The summed E-state index contributed by atoms with van der Waals surface area (Å²) in [6.45, 7) is 2.58. The third-order valence-corrected chi connectivity index (χ3v) is 7.06. The first-order chi connectivity index (χ1) is 16.2. The molecule has 10 heteroatoms. The molecule has 1 fully saturated rings. The number of aromatic nitrogens is 1. The van der Waals surface area contributed by atoms with E-state index in [0.29, 0.717) is 48.9 Å². The summed E-state index contributed by atoms with van der Waals surface area (Å²) in [5, 5.41) is 10.9. The Bertz CT molecular complexity index is 1340. The van der Waals surface area contributed by atoms with Crippen molar-refractivity contribution in [3.63, 3.8) is 0 Å². The maximum absolute atomic E-state index is 14.0. The lowest BCUT2D eigenvalue weighted by molar-refractivity contribution is -0.142. The van der Waals surface area contributed by atoms with Gasteiger partial charge in [-0.05, 0) is 43.9 Å². The number of ether oxygens (including phenoxy) is 1. The number of pyridine rings is 1. The van der Waals surface area contributed by atoms with Crippen molar-refractivity contribution in [3.8, 4) is 5.75 Å². The lowest BCUT2D eigenvalue weighted by Gasteiger charge is -2.28. The molecular weight excluding hydrogens is 484 g/mol. The number of amides is 1. The van der Waals surface area contributed by atoms with Crippen LogP contribution in [0.1, 0.15) is 43.4 Å². The molecule has 3 aromatic rings. The van der Waals surface area contributed by atoms with Gasteiger partial charge in [0.25, 0.3) is 5.91 Å². The fourth-order valence-corrected chi connectivity index (χ4v) is 4.90. The number of halogens is 3. The Morgan fingerprint density at radius 3 is 2.82 bits per heavy atom. The third kappa shape index (κ3) is 3.89. The van der Waals surface area contributed by atoms with Gasteiger partial charge in [-0.25, -0.2) is 9.37 Å². The summed E-state index contributed by atoms with van der Waals surface area (Å²) < 4.78 is 25.9. The van der Waals surface area contributed by atoms with Gasteiger partial charge in [-0.3, -0.25) is 4.79 Å². The van der Waals surface area contributed by atoms with E-state index < -0.39 is 17.5 Å². The summed E-state index contributed by atoms with van der Waals surface area (Å²) in [4.78, 5) is 18.3. The summed E-state index contributed by atoms with van der Waals surface area (Å²) >= 11 is 12.4. The number of nitrogens with zero attached hydrogens (tertiary/aromatic N) is 2. The number of nitrogen functional groups attached to an aromatic ring is 1. The van der Waals surface area contributed by atoms with Crippen LogP contribution in [0.25, 0.3) is 16.5 Å². The second-order valence-corrected chi connectivity index (χ2v) is 9.43. The molecule has 1 atom stereocenters. The van der Waals surface area contributed by atoms with Crippen molar-refractivity contribution in [3.05, 3.63) is 57.7 Å².